The zero-order valence-electron chi connectivity index (χ0n) is 16.1. The van der Waals surface area contributed by atoms with Crippen molar-refractivity contribution in [3.63, 3.8) is 0 Å². The second kappa shape index (κ2) is 7.43. The quantitative estimate of drug-likeness (QED) is 0.816. The van der Waals surface area contributed by atoms with Crippen LogP contribution in [0.4, 0.5) is 5.69 Å². The van der Waals surface area contributed by atoms with Gasteiger partial charge in [0.1, 0.15) is 5.41 Å². The molecule has 1 fully saturated rings. The number of anilines is 1. The molecule has 5 nitrogen and oxygen atoms in total. The first-order valence-electron chi connectivity index (χ1n) is 9.61. The van der Waals surface area contributed by atoms with Crippen LogP contribution in [0.15, 0.2) is 54.6 Å². The number of benzene rings is 2. The van der Waals surface area contributed by atoms with E-state index in [2.05, 4.69) is 48.3 Å². The van der Waals surface area contributed by atoms with Gasteiger partial charge in [0, 0.05) is 13.1 Å². The zero-order valence-corrected chi connectivity index (χ0v) is 16.1. The van der Waals surface area contributed by atoms with E-state index in [9.17, 15) is 4.79 Å². The van der Waals surface area contributed by atoms with Gasteiger partial charge in [-0.1, -0.05) is 48.5 Å². The fourth-order valence-corrected chi connectivity index (χ4v) is 4.24. The summed E-state index contributed by atoms with van der Waals surface area (Å²) < 4.78 is 5.51. The van der Waals surface area contributed by atoms with Crippen LogP contribution >= 0.6 is 0 Å². The molecule has 0 bridgehead atoms. The van der Waals surface area contributed by atoms with Crippen molar-refractivity contribution in [3.8, 4) is 0 Å². The van der Waals surface area contributed by atoms with Crippen molar-refractivity contribution in [2.45, 2.75) is 11.8 Å². The number of carbonyl (C=O) groups excluding carboxylic acids is 1. The Labute approximate surface area is 161 Å². The Balaban J connectivity index is 1.86. The van der Waals surface area contributed by atoms with E-state index in [0.717, 1.165) is 42.9 Å². The first-order chi connectivity index (χ1) is 13.1. The smallest absolute Gasteiger partial charge is 0.256 e. The lowest BCUT2D eigenvalue weighted by atomic mass is 9.73. The average molecular weight is 365 g/mol. The molecule has 1 amide bonds. The van der Waals surface area contributed by atoms with Crippen molar-refractivity contribution < 1.29 is 9.53 Å². The maximum absolute atomic E-state index is 14.0. The number of ether oxygens (including phenoxy) is 1. The summed E-state index contributed by atoms with van der Waals surface area (Å²) in [6.45, 7) is 3.62. The average Bonchev–Trinajstić information content (AvgIpc) is 2.96. The Morgan fingerprint density at radius 1 is 1.00 bits per heavy atom. The Morgan fingerprint density at radius 3 is 2.37 bits per heavy atom. The van der Waals surface area contributed by atoms with E-state index in [1.807, 2.05) is 35.3 Å². The lowest BCUT2D eigenvalue weighted by Crippen LogP contribution is -2.54. The number of nitrogens with zero attached hydrogens (tertiary/aromatic N) is 3. The van der Waals surface area contributed by atoms with Gasteiger partial charge >= 0.3 is 0 Å². The summed E-state index contributed by atoms with van der Waals surface area (Å²) >= 11 is 0. The van der Waals surface area contributed by atoms with E-state index >= 15 is 0 Å². The fraction of sp³-hybridized carbons (Fsp3) is 0.409. The number of rotatable bonds is 5. The molecule has 4 rings (SSSR count). The molecule has 0 aromatic heterocycles. The van der Waals surface area contributed by atoms with E-state index in [0.29, 0.717) is 13.2 Å². The molecule has 2 aliphatic rings. The van der Waals surface area contributed by atoms with Gasteiger partial charge in [-0.25, -0.2) is 10.0 Å². The molecule has 142 valence electrons. The van der Waals surface area contributed by atoms with E-state index in [4.69, 9.17) is 4.74 Å². The summed E-state index contributed by atoms with van der Waals surface area (Å²) in [5.41, 5.74) is 2.53. The van der Waals surface area contributed by atoms with Gasteiger partial charge in [0.15, 0.2) is 0 Å². The van der Waals surface area contributed by atoms with Gasteiger partial charge in [0.25, 0.3) is 5.91 Å². The number of hydrogen-bond donors (Lipinski definition) is 0. The summed E-state index contributed by atoms with van der Waals surface area (Å²) in [5, 5.41) is 4.06. The van der Waals surface area contributed by atoms with Crippen LogP contribution in [0.2, 0.25) is 0 Å². The van der Waals surface area contributed by atoms with Gasteiger partial charge < -0.3 is 9.64 Å². The molecule has 2 heterocycles. The first-order valence-corrected chi connectivity index (χ1v) is 9.61. The largest absolute Gasteiger partial charge is 0.379 e. The van der Waals surface area contributed by atoms with Crippen LogP contribution in [0.25, 0.3) is 0 Å². The van der Waals surface area contributed by atoms with Crippen LogP contribution in [0, 0.1) is 0 Å². The number of hydrazine groups is 1. The molecule has 5 heteroatoms. The predicted molar refractivity (Wildman–Crippen MR) is 107 cm³/mol. The molecule has 0 radical (unpaired) electrons. The normalized spacial score (nSPS) is 23.1. The van der Waals surface area contributed by atoms with Gasteiger partial charge in [0.2, 0.25) is 0 Å². The fourth-order valence-electron chi connectivity index (χ4n) is 4.24. The highest BCUT2D eigenvalue weighted by molar-refractivity contribution is 6.09. The number of fused-ring (bicyclic) bond motifs is 1. The monoisotopic (exact) mass is 365 g/mol. The Hall–Kier alpha value is -2.21. The maximum Gasteiger partial charge on any atom is 0.256 e. The molecular weight excluding hydrogens is 338 g/mol. The Kier molecular flexibility index (Phi) is 5.00. The van der Waals surface area contributed by atoms with Gasteiger partial charge in [-0.05, 0) is 44.3 Å². The minimum atomic E-state index is -0.652. The number of para-hydroxylation sites is 1. The molecule has 0 unspecified atom stereocenters. The van der Waals surface area contributed by atoms with E-state index < -0.39 is 5.41 Å². The Morgan fingerprint density at radius 2 is 1.67 bits per heavy atom. The first kappa shape index (κ1) is 18.2. The van der Waals surface area contributed by atoms with Crippen LogP contribution in [0.5, 0.6) is 0 Å². The van der Waals surface area contributed by atoms with Crippen LogP contribution in [-0.4, -0.2) is 62.8 Å². The van der Waals surface area contributed by atoms with Crippen LogP contribution < -0.4 is 5.01 Å². The van der Waals surface area contributed by atoms with Crippen LogP contribution in [-0.2, 0) is 14.9 Å². The third-order valence-electron chi connectivity index (χ3n) is 5.62. The molecule has 0 aliphatic carbocycles. The van der Waals surface area contributed by atoms with Crippen molar-refractivity contribution in [1.29, 1.82) is 0 Å². The Bertz CT molecular complexity index is 802. The van der Waals surface area contributed by atoms with Crippen molar-refractivity contribution >= 4 is 11.6 Å². The van der Waals surface area contributed by atoms with Gasteiger partial charge in [-0.3, -0.25) is 4.79 Å². The lowest BCUT2D eigenvalue weighted by molar-refractivity contribution is -0.126. The lowest BCUT2D eigenvalue weighted by Gasteiger charge is -2.37. The molecule has 2 aliphatic heterocycles. The van der Waals surface area contributed by atoms with Crippen molar-refractivity contribution in [2.24, 2.45) is 0 Å². The molecule has 2 aromatic rings. The standard InChI is InChI=1S/C22H27N3O2/c1-23(2)13-12-22(18-8-4-3-5-9-18)19-10-6-7-11-20(19)25(21(22)26)24-14-16-27-17-15-24/h3-11H,12-17H2,1-2H3/t22-/m1/s1. The number of hydrogen-bond acceptors (Lipinski definition) is 4. The third kappa shape index (κ3) is 3.06. The second-order valence-electron chi connectivity index (χ2n) is 7.52. The molecule has 0 saturated carbocycles. The topological polar surface area (TPSA) is 36.0 Å². The van der Waals surface area contributed by atoms with Gasteiger partial charge in [0.05, 0.1) is 18.9 Å². The van der Waals surface area contributed by atoms with Crippen molar-refractivity contribution in [1.82, 2.24) is 9.91 Å². The highest BCUT2D eigenvalue weighted by Gasteiger charge is 2.53. The summed E-state index contributed by atoms with van der Waals surface area (Å²) in [4.78, 5) is 16.2. The minimum Gasteiger partial charge on any atom is -0.379 e. The number of morpholine rings is 1. The number of amides is 1. The summed E-state index contributed by atoms with van der Waals surface area (Å²) in [5.74, 6) is 0.152. The van der Waals surface area contributed by atoms with E-state index in [-0.39, 0.29) is 5.91 Å². The van der Waals surface area contributed by atoms with Crippen molar-refractivity contribution in [2.75, 3.05) is 52.0 Å². The van der Waals surface area contributed by atoms with Gasteiger partial charge in [-0.15, -0.1) is 0 Å². The molecule has 27 heavy (non-hydrogen) atoms. The van der Waals surface area contributed by atoms with E-state index in [1.165, 1.54) is 0 Å². The highest BCUT2D eigenvalue weighted by atomic mass is 16.5. The zero-order chi connectivity index (χ0) is 18.9. The van der Waals surface area contributed by atoms with Gasteiger partial charge in [-0.2, -0.15) is 0 Å². The molecule has 2 aromatic carbocycles. The van der Waals surface area contributed by atoms with Crippen LogP contribution in [0.3, 0.4) is 0 Å². The highest BCUT2D eigenvalue weighted by Crippen LogP contribution is 2.48. The predicted octanol–water partition coefficient (Wildman–Crippen LogP) is 2.52. The summed E-state index contributed by atoms with van der Waals surface area (Å²) in [6, 6.07) is 18.5. The summed E-state index contributed by atoms with van der Waals surface area (Å²) in [7, 11) is 4.12. The van der Waals surface area contributed by atoms with Crippen LogP contribution in [0.1, 0.15) is 17.5 Å². The molecule has 0 N–H and O–H groups in total. The molecule has 1 saturated heterocycles. The SMILES string of the molecule is CN(C)CC[C@]1(c2ccccc2)C(=O)N(N2CCOCC2)c2ccccc21. The van der Waals surface area contributed by atoms with E-state index in [1.54, 1.807) is 0 Å². The maximum atomic E-state index is 14.0. The molecule has 1 atom stereocenters. The molecular formula is C22H27N3O2. The second-order valence-corrected chi connectivity index (χ2v) is 7.52. The minimum absolute atomic E-state index is 0.152. The third-order valence-corrected chi connectivity index (χ3v) is 5.62. The molecule has 0 spiro atoms. The summed E-state index contributed by atoms with van der Waals surface area (Å²) in [6.07, 6.45) is 0.751. The number of carbonyl (C=O) groups is 1. The van der Waals surface area contributed by atoms with Crippen molar-refractivity contribution in [3.05, 3.63) is 65.7 Å².